The number of aryl methyl sites for hydroxylation is 1. The van der Waals surface area contributed by atoms with Gasteiger partial charge in [0.2, 0.25) is 0 Å². The van der Waals surface area contributed by atoms with E-state index in [0.717, 1.165) is 43.9 Å². The fourth-order valence-corrected chi connectivity index (χ4v) is 4.60. The average Bonchev–Trinajstić information content (AvgIpc) is 2.70. The van der Waals surface area contributed by atoms with Crippen LogP contribution in [0.5, 0.6) is 0 Å². The van der Waals surface area contributed by atoms with Crippen molar-refractivity contribution in [2.45, 2.75) is 31.3 Å². The monoisotopic (exact) mass is 416 g/mol. The van der Waals surface area contributed by atoms with Crippen molar-refractivity contribution in [1.82, 2.24) is 15.1 Å². The van der Waals surface area contributed by atoms with Crippen LogP contribution in [-0.2, 0) is 16.6 Å². The topological polar surface area (TPSA) is 64.7 Å². The molecule has 1 heterocycles. The summed E-state index contributed by atoms with van der Waals surface area (Å²) >= 11 is 0. The molecule has 2 aromatic carbocycles. The fraction of sp³-hybridized carbons (Fsp3) is 0.455. The number of hydrogen-bond donors (Lipinski definition) is 2. The molecule has 3 rings (SSSR count). The molecule has 0 saturated carbocycles. The van der Waals surface area contributed by atoms with Crippen LogP contribution in [0, 0.1) is 6.92 Å². The minimum absolute atomic E-state index is 0.273. The van der Waals surface area contributed by atoms with Gasteiger partial charge in [-0.2, -0.15) is 0 Å². The molecule has 6 nitrogen and oxygen atoms in total. The molecule has 7 heteroatoms. The normalized spacial score (nSPS) is 17.2. The molecule has 2 aromatic rings. The Kier molecular flexibility index (Phi) is 7.29. The van der Waals surface area contributed by atoms with Gasteiger partial charge < -0.3 is 10.2 Å². The summed E-state index contributed by atoms with van der Waals surface area (Å²) in [6.45, 7) is 10.0. The fourth-order valence-electron chi connectivity index (χ4n) is 3.50. The number of likely N-dealkylation sites (N-methyl/N-ethyl adjacent to an activating group) is 1. The summed E-state index contributed by atoms with van der Waals surface area (Å²) < 4.78 is 28.2. The highest BCUT2D eigenvalue weighted by molar-refractivity contribution is 7.92. The number of anilines is 1. The third-order valence-corrected chi connectivity index (χ3v) is 6.89. The van der Waals surface area contributed by atoms with Crippen LogP contribution in [0.3, 0.4) is 0 Å². The number of hydrogen-bond acceptors (Lipinski definition) is 5. The zero-order chi connectivity index (χ0) is 20.9. The first-order chi connectivity index (χ1) is 13.8. The van der Waals surface area contributed by atoms with Crippen LogP contribution in [0.25, 0.3) is 0 Å². The predicted molar refractivity (Wildman–Crippen MR) is 119 cm³/mol. The zero-order valence-electron chi connectivity index (χ0n) is 17.6. The van der Waals surface area contributed by atoms with Gasteiger partial charge in [-0.05, 0) is 44.7 Å². The molecule has 1 fully saturated rings. The second-order valence-corrected chi connectivity index (χ2v) is 9.58. The lowest BCUT2D eigenvalue weighted by molar-refractivity contribution is 0.118. The molecule has 0 radical (unpaired) electrons. The van der Waals surface area contributed by atoms with Crippen LogP contribution in [0.15, 0.2) is 53.4 Å². The third-order valence-electron chi connectivity index (χ3n) is 5.51. The van der Waals surface area contributed by atoms with Gasteiger partial charge in [0.05, 0.1) is 10.6 Å². The molecule has 0 spiro atoms. The highest BCUT2D eigenvalue weighted by Crippen LogP contribution is 2.20. The van der Waals surface area contributed by atoms with Crippen molar-refractivity contribution >= 4 is 15.7 Å². The minimum Gasteiger partial charge on any atom is -0.311 e. The molecular weight excluding hydrogens is 384 g/mol. The van der Waals surface area contributed by atoms with Gasteiger partial charge in [0.15, 0.2) is 0 Å². The number of para-hydroxylation sites is 1. The Morgan fingerprint density at radius 2 is 1.66 bits per heavy atom. The standard InChI is InChI=1S/C22H32N4O2S/c1-18-8-10-21(11-9-18)29(27,28)24-22-7-5-4-6-20(22)17-23-16-19(2)26-14-12-25(3)13-15-26/h4-11,19,23-24H,12-17H2,1-3H3. The maximum Gasteiger partial charge on any atom is 0.261 e. The molecule has 1 saturated heterocycles. The van der Waals surface area contributed by atoms with Gasteiger partial charge in [0.25, 0.3) is 10.0 Å². The first-order valence-corrected chi connectivity index (χ1v) is 11.6. The van der Waals surface area contributed by atoms with E-state index in [4.69, 9.17) is 0 Å². The molecule has 1 aliphatic heterocycles. The molecule has 29 heavy (non-hydrogen) atoms. The van der Waals surface area contributed by atoms with E-state index >= 15 is 0 Å². The van der Waals surface area contributed by atoms with E-state index in [0.29, 0.717) is 18.3 Å². The third kappa shape index (κ3) is 6.02. The smallest absolute Gasteiger partial charge is 0.261 e. The number of nitrogens with zero attached hydrogens (tertiary/aromatic N) is 2. The molecule has 1 unspecified atom stereocenters. The molecule has 0 aromatic heterocycles. The lowest BCUT2D eigenvalue weighted by Crippen LogP contribution is -2.50. The summed E-state index contributed by atoms with van der Waals surface area (Å²) in [6.07, 6.45) is 0. The highest BCUT2D eigenvalue weighted by Gasteiger charge is 2.19. The van der Waals surface area contributed by atoms with Crippen LogP contribution in [0.1, 0.15) is 18.1 Å². The minimum atomic E-state index is -3.61. The van der Waals surface area contributed by atoms with Gasteiger partial charge in [0.1, 0.15) is 0 Å². The van der Waals surface area contributed by atoms with Crippen LogP contribution in [-0.4, -0.2) is 64.0 Å². The largest absolute Gasteiger partial charge is 0.311 e. The molecule has 1 aliphatic rings. The molecular formula is C22H32N4O2S. The number of sulfonamides is 1. The van der Waals surface area contributed by atoms with E-state index in [2.05, 4.69) is 33.8 Å². The molecule has 0 aliphatic carbocycles. The van der Waals surface area contributed by atoms with E-state index in [1.54, 1.807) is 12.1 Å². The summed E-state index contributed by atoms with van der Waals surface area (Å²) in [4.78, 5) is 5.13. The van der Waals surface area contributed by atoms with E-state index in [9.17, 15) is 8.42 Å². The van der Waals surface area contributed by atoms with Gasteiger partial charge in [0, 0.05) is 45.3 Å². The van der Waals surface area contributed by atoms with E-state index < -0.39 is 10.0 Å². The lowest BCUT2D eigenvalue weighted by atomic mass is 10.1. The zero-order valence-corrected chi connectivity index (χ0v) is 18.4. The van der Waals surface area contributed by atoms with Gasteiger partial charge >= 0.3 is 0 Å². The summed E-state index contributed by atoms with van der Waals surface area (Å²) in [7, 11) is -1.45. The second kappa shape index (κ2) is 9.71. The van der Waals surface area contributed by atoms with Crippen LogP contribution >= 0.6 is 0 Å². The van der Waals surface area contributed by atoms with Crippen LogP contribution < -0.4 is 10.0 Å². The van der Waals surface area contributed by atoms with Gasteiger partial charge in [-0.25, -0.2) is 8.42 Å². The van der Waals surface area contributed by atoms with Crippen molar-refractivity contribution in [1.29, 1.82) is 0 Å². The first-order valence-electron chi connectivity index (χ1n) is 10.2. The van der Waals surface area contributed by atoms with Gasteiger partial charge in [-0.15, -0.1) is 0 Å². The van der Waals surface area contributed by atoms with Crippen LogP contribution in [0.2, 0.25) is 0 Å². The Morgan fingerprint density at radius 1 is 1.00 bits per heavy atom. The number of nitrogens with one attached hydrogen (secondary N) is 2. The van der Waals surface area contributed by atoms with Crippen molar-refractivity contribution in [2.24, 2.45) is 0 Å². The van der Waals surface area contributed by atoms with Crippen molar-refractivity contribution < 1.29 is 8.42 Å². The van der Waals surface area contributed by atoms with Gasteiger partial charge in [-0.1, -0.05) is 35.9 Å². The summed E-state index contributed by atoms with van der Waals surface area (Å²) in [5.74, 6) is 0. The predicted octanol–water partition coefficient (Wildman–Crippen LogP) is 2.52. The number of piperazine rings is 1. The SMILES string of the molecule is Cc1ccc(S(=O)(=O)Nc2ccccc2CNCC(C)N2CCN(C)CC2)cc1. The molecule has 0 amide bonds. The lowest BCUT2D eigenvalue weighted by Gasteiger charge is -2.36. The Morgan fingerprint density at radius 3 is 2.34 bits per heavy atom. The van der Waals surface area contributed by atoms with Gasteiger partial charge in [-0.3, -0.25) is 9.62 Å². The maximum atomic E-state index is 12.7. The van der Waals surface area contributed by atoms with E-state index in [-0.39, 0.29) is 4.90 Å². The highest BCUT2D eigenvalue weighted by atomic mass is 32.2. The maximum absolute atomic E-state index is 12.7. The van der Waals surface area contributed by atoms with Crippen molar-refractivity contribution in [3.63, 3.8) is 0 Å². The average molecular weight is 417 g/mol. The van der Waals surface area contributed by atoms with E-state index in [1.165, 1.54) is 0 Å². The summed E-state index contributed by atoms with van der Waals surface area (Å²) in [5, 5.41) is 3.49. The Balaban J connectivity index is 1.59. The van der Waals surface area contributed by atoms with Crippen molar-refractivity contribution in [3.8, 4) is 0 Å². The number of benzene rings is 2. The Labute approximate surface area is 175 Å². The van der Waals surface area contributed by atoms with Crippen molar-refractivity contribution in [3.05, 3.63) is 59.7 Å². The Hall–Kier alpha value is -1.93. The molecule has 1 atom stereocenters. The number of rotatable bonds is 8. The first kappa shape index (κ1) is 21.8. The summed E-state index contributed by atoms with van der Waals surface area (Å²) in [5.41, 5.74) is 2.59. The van der Waals surface area contributed by atoms with Crippen molar-refractivity contribution in [2.75, 3.05) is 44.5 Å². The van der Waals surface area contributed by atoms with Crippen LogP contribution in [0.4, 0.5) is 5.69 Å². The molecule has 2 N–H and O–H groups in total. The Bertz CT molecular complexity index is 891. The quantitative estimate of drug-likeness (QED) is 0.692. The molecule has 158 valence electrons. The second-order valence-electron chi connectivity index (χ2n) is 7.89. The van der Waals surface area contributed by atoms with E-state index in [1.807, 2.05) is 43.3 Å². The summed E-state index contributed by atoms with van der Waals surface area (Å²) in [6, 6.07) is 14.9. The molecule has 0 bridgehead atoms.